The fourth-order valence-corrected chi connectivity index (χ4v) is 2.52. The van der Waals surface area contributed by atoms with Crippen molar-refractivity contribution in [1.82, 2.24) is 0 Å². The van der Waals surface area contributed by atoms with Crippen LogP contribution in [0.2, 0.25) is 5.02 Å². The minimum Gasteiger partial charge on any atom is -0.198 e. The lowest BCUT2D eigenvalue weighted by Crippen LogP contribution is -1.76. The molecule has 0 fully saturated rings. The third-order valence-corrected chi connectivity index (χ3v) is 3.12. The predicted octanol–water partition coefficient (Wildman–Crippen LogP) is 3.62. The molecule has 0 saturated heterocycles. The van der Waals surface area contributed by atoms with E-state index in [9.17, 15) is 0 Å². The number of nitrogens with zero attached hydrogens (tertiary/aromatic N) is 1. The van der Waals surface area contributed by atoms with Crippen LogP contribution in [0.5, 0.6) is 0 Å². The van der Waals surface area contributed by atoms with E-state index in [-0.39, 0.29) is 0 Å². The quantitative estimate of drug-likeness (QED) is 0.701. The van der Waals surface area contributed by atoms with E-state index in [4.69, 9.17) is 16.9 Å². The molecular weight excluding hydrogens is 202 g/mol. The summed E-state index contributed by atoms with van der Waals surface area (Å²) < 4.78 is 1.15. The molecule has 0 atom stereocenters. The Balaban J connectivity index is 2.63. The first kappa shape index (κ1) is 8.55. The standard InChI is InChI=1S/C10H6ClNS/c11-8-1-2-9-7(3-4-12)6-13-10(9)5-8/h1-2,5-6H,3H2. The molecule has 0 spiro atoms. The lowest BCUT2D eigenvalue weighted by molar-refractivity contribution is 1.30. The molecule has 0 N–H and O–H groups in total. The Bertz CT molecular complexity index is 481. The van der Waals surface area contributed by atoms with Gasteiger partial charge < -0.3 is 0 Å². The smallest absolute Gasteiger partial charge is 0.0670 e. The molecule has 0 amide bonds. The molecule has 0 saturated carbocycles. The van der Waals surface area contributed by atoms with Gasteiger partial charge in [0.1, 0.15) is 0 Å². The Kier molecular flexibility index (Phi) is 2.22. The van der Waals surface area contributed by atoms with Crippen LogP contribution in [-0.2, 0) is 6.42 Å². The van der Waals surface area contributed by atoms with Gasteiger partial charge in [0.25, 0.3) is 0 Å². The number of benzene rings is 1. The molecule has 0 bridgehead atoms. The second kappa shape index (κ2) is 3.37. The summed E-state index contributed by atoms with van der Waals surface area (Å²) in [6, 6.07) is 7.92. The highest BCUT2D eigenvalue weighted by Crippen LogP contribution is 2.28. The maximum absolute atomic E-state index is 8.58. The van der Waals surface area contributed by atoms with Gasteiger partial charge in [-0.25, -0.2) is 0 Å². The highest BCUT2D eigenvalue weighted by Gasteiger charge is 2.03. The number of halogens is 1. The van der Waals surface area contributed by atoms with Crippen molar-refractivity contribution in [3.8, 4) is 6.07 Å². The van der Waals surface area contributed by atoms with Crippen LogP contribution < -0.4 is 0 Å². The zero-order valence-corrected chi connectivity index (χ0v) is 8.32. The van der Waals surface area contributed by atoms with E-state index in [0.29, 0.717) is 6.42 Å². The summed E-state index contributed by atoms with van der Waals surface area (Å²) >= 11 is 7.48. The van der Waals surface area contributed by atoms with Gasteiger partial charge >= 0.3 is 0 Å². The summed E-state index contributed by atoms with van der Waals surface area (Å²) in [5.41, 5.74) is 1.10. The Labute approximate surface area is 85.2 Å². The number of thiophene rings is 1. The summed E-state index contributed by atoms with van der Waals surface area (Å²) in [6.07, 6.45) is 0.474. The molecule has 0 aliphatic carbocycles. The van der Waals surface area contributed by atoms with Gasteiger partial charge in [0.15, 0.2) is 0 Å². The van der Waals surface area contributed by atoms with Gasteiger partial charge in [-0.3, -0.25) is 0 Å². The first-order valence-electron chi connectivity index (χ1n) is 3.84. The van der Waals surface area contributed by atoms with E-state index in [1.165, 1.54) is 0 Å². The van der Waals surface area contributed by atoms with E-state index in [2.05, 4.69) is 6.07 Å². The van der Waals surface area contributed by atoms with Crippen molar-refractivity contribution < 1.29 is 0 Å². The fourth-order valence-electron chi connectivity index (χ4n) is 1.28. The average molecular weight is 208 g/mol. The van der Waals surface area contributed by atoms with Crippen molar-refractivity contribution in [2.45, 2.75) is 6.42 Å². The molecule has 3 heteroatoms. The average Bonchev–Trinajstić information content (AvgIpc) is 2.49. The summed E-state index contributed by atoms with van der Waals surface area (Å²) in [6.45, 7) is 0. The number of hydrogen-bond acceptors (Lipinski definition) is 2. The molecule has 1 aromatic carbocycles. The van der Waals surface area contributed by atoms with Gasteiger partial charge in [0.05, 0.1) is 12.5 Å². The number of hydrogen-bond donors (Lipinski definition) is 0. The Morgan fingerprint density at radius 1 is 1.46 bits per heavy atom. The fraction of sp³-hybridized carbons (Fsp3) is 0.100. The second-order valence-electron chi connectivity index (χ2n) is 2.74. The maximum atomic E-state index is 8.58. The molecular formula is C10H6ClNS. The second-order valence-corrected chi connectivity index (χ2v) is 4.08. The lowest BCUT2D eigenvalue weighted by atomic mass is 10.1. The van der Waals surface area contributed by atoms with Crippen LogP contribution in [0.25, 0.3) is 10.1 Å². The molecule has 0 radical (unpaired) electrons. The zero-order chi connectivity index (χ0) is 9.26. The zero-order valence-electron chi connectivity index (χ0n) is 6.75. The first-order chi connectivity index (χ1) is 6.31. The van der Waals surface area contributed by atoms with Crippen molar-refractivity contribution in [2.24, 2.45) is 0 Å². The third kappa shape index (κ3) is 1.53. The largest absolute Gasteiger partial charge is 0.198 e. The van der Waals surface area contributed by atoms with E-state index in [1.807, 2.05) is 23.6 Å². The highest BCUT2D eigenvalue weighted by molar-refractivity contribution is 7.17. The molecule has 1 aromatic heterocycles. The van der Waals surface area contributed by atoms with Crippen molar-refractivity contribution in [3.63, 3.8) is 0 Å². The predicted molar refractivity (Wildman–Crippen MR) is 56.2 cm³/mol. The van der Waals surface area contributed by atoms with Crippen LogP contribution in [0.3, 0.4) is 0 Å². The normalized spacial score (nSPS) is 10.2. The lowest BCUT2D eigenvalue weighted by Gasteiger charge is -1.92. The molecule has 0 aliphatic rings. The van der Waals surface area contributed by atoms with Crippen LogP contribution >= 0.6 is 22.9 Å². The van der Waals surface area contributed by atoms with Gasteiger partial charge in [0.2, 0.25) is 0 Å². The van der Waals surface area contributed by atoms with Crippen molar-refractivity contribution >= 4 is 33.0 Å². The Hall–Kier alpha value is -1.04. The van der Waals surface area contributed by atoms with Crippen LogP contribution in [0, 0.1) is 11.3 Å². The minimum atomic E-state index is 0.474. The van der Waals surface area contributed by atoms with Crippen LogP contribution in [0.15, 0.2) is 23.6 Å². The van der Waals surface area contributed by atoms with E-state index in [0.717, 1.165) is 20.7 Å². The SMILES string of the molecule is N#CCc1csc2cc(Cl)ccc12. The van der Waals surface area contributed by atoms with Gasteiger partial charge in [-0.2, -0.15) is 5.26 Å². The molecule has 13 heavy (non-hydrogen) atoms. The van der Waals surface area contributed by atoms with E-state index >= 15 is 0 Å². The van der Waals surface area contributed by atoms with Crippen molar-refractivity contribution in [1.29, 1.82) is 5.26 Å². The highest BCUT2D eigenvalue weighted by atomic mass is 35.5. The molecule has 2 rings (SSSR count). The Morgan fingerprint density at radius 3 is 3.08 bits per heavy atom. The van der Waals surface area contributed by atoms with Gasteiger partial charge in [-0.15, -0.1) is 11.3 Å². The molecule has 2 aromatic rings. The first-order valence-corrected chi connectivity index (χ1v) is 5.09. The Morgan fingerprint density at radius 2 is 2.31 bits per heavy atom. The number of nitriles is 1. The number of fused-ring (bicyclic) bond motifs is 1. The molecule has 1 heterocycles. The van der Waals surface area contributed by atoms with Gasteiger partial charge in [-0.1, -0.05) is 17.7 Å². The van der Waals surface area contributed by atoms with Crippen LogP contribution in [0.1, 0.15) is 5.56 Å². The van der Waals surface area contributed by atoms with Crippen molar-refractivity contribution in [3.05, 3.63) is 34.2 Å². The van der Waals surface area contributed by atoms with Gasteiger partial charge in [0, 0.05) is 9.72 Å². The summed E-state index contributed by atoms with van der Waals surface area (Å²) in [5.74, 6) is 0. The molecule has 0 unspecified atom stereocenters. The topological polar surface area (TPSA) is 23.8 Å². The molecule has 64 valence electrons. The molecule has 0 aliphatic heterocycles. The summed E-state index contributed by atoms with van der Waals surface area (Å²) in [7, 11) is 0. The summed E-state index contributed by atoms with van der Waals surface area (Å²) in [4.78, 5) is 0. The van der Waals surface area contributed by atoms with E-state index < -0.39 is 0 Å². The minimum absolute atomic E-state index is 0.474. The van der Waals surface area contributed by atoms with Crippen LogP contribution in [-0.4, -0.2) is 0 Å². The van der Waals surface area contributed by atoms with Gasteiger partial charge in [-0.05, 0) is 28.5 Å². The van der Waals surface area contributed by atoms with E-state index in [1.54, 1.807) is 11.3 Å². The van der Waals surface area contributed by atoms with Crippen LogP contribution in [0.4, 0.5) is 0 Å². The summed E-state index contributed by atoms with van der Waals surface area (Å²) in [5, 5.41) is 12.5. The van der Waals surface area contributed by atoms with Crippen molar-refractivity contribution in [2.75, 3.05) is 0 Å². The number of rotatable bonds is 1. The third-order valence-electron chi connectivity index (χ3n) is 1.89. The molecule has 1 nitrogen and oxygen atoms in total. The monoisotopic (exact) mass is 207 g/mol. The maximum Gasteiger partial charge on any atom is 0.0670 e.